The molecule has 0 aromatic heterocycles. The van der Waals surface area contributed by atoms with Crippen molar-refractivity contribution in [3.8, 4) is 0 Å². The maximum atomic E-state index is 12.1. The van der Waals surface area contributed by atoms with E-state index in [0.717, 1.165) is 25.9 Å². The Morgan fingerprint density at radius 1 is 1.15 bits per heavy atom. The van der Waals surface area contributed by atoms with Gasteiger partial charge in [-0.15, -0.1) is 12.4 Å². The third kappa shape index (κ3) is 4.21. The number of halogens is 1. The van der Waals surface area contributed by atoms with Crippen molar-refractivity contribution < 1.29 is 9.59 Å². The smallest absolute Gasteiger partial charge is 0.253 e. The highest BCUT2D eigenvalue weighted by Gasteiger charge is 2.19. The standard InChI is InChI=1S/C14H19N3O2.ClH/c1-15-10-13(18)16-12-6-4-11(5-7-12)14(19)17-8-2-3-9-17;/h4-7,15H,2-3,8-10H2,1H3,(H,16,18);1H. The van der Waals surface area contributed by atoms with Gasteiger partial charge in [0.1, 0.15) is 0 Å². The number of hydrogen-bond acceptors (Lipinski definition) is 3. The monoisotopic (exact) mass is 297 g/mol. The number of carbonyl (C=O) groups excluding carboxylic acids is 2. The van der Waals surface area contributed by atoms with Crippen LogP contribution in [0.3, 0.4) is 0 Å². The van der Waals surface area contributed by atoms with E-state index in [1.54, 1.807) is 31.3 Å². The Balaban J connectivity index is 0.00000200. The van der Waals surface area contributed by atoms with Crippen LogP contribution < -0.4 is 10.6 Å². The minimum absolute atomic E-state index is 0. The van der Waals surface area contributed by atoms with Crippen LogP contribution in [0.4, 0.5) is 5.69 Å². The number of likely N-dealkylation sites (N-methyl/N-ethyl adjacent to an activating group) is 1. The van der Waals surface area contributed by atoms with E-state index in [9.17, 15) is 9.59 Å². The lowest BCUT2D eigenvalue weighted by atomic mass is 10.2. The van der Waals surface area contributed by atoms with Gasteiger partial charge in [-0.3, -0.25) is 9.59 Å². The molecule has 5 nitrogen and oxygen atoms in total. The lowest BCUT2D eigenvalue weighted by molar-refractivity contribution is -0.115. The minimum atomic E-state index is -0.0962. The van der Waals surface area contributed by atoms with Crippen molar-refractivity contribution in [2.45, 2.75) is 12.8 Å². The van der Waals surface area contributed by atoms with E-state index in [0.29, 0.717) is 11.3 Å². The van der Waals surface area contributed by atoms with Crippen LogP contribution in [-0.4, -0.2) is 43.4 Å². The summed E-state index contributed by atoms with van der Waals surface area (Å²) in [5.74, 6) is -0.0216. The van der Waals surface area contributed by atoms with E-state index in [1.807, 2.05) is 4.90 Å². The van der Waals surface area contributed by atoms with Crippen molar-refractivity contribution in [1.29, 1.82) is 0 Å². The maximum Gasteiger partial charge on any atom is 0.253 e. The zero-order valence-electron chi connectivity index (χ0n) is 11.5. The number of nitrogens with zero attached hydrogens (tertiary/aromatic N) is 1. The Kier molecular flexibility index (Phi) is 6.48. The summed E-state index contributed by atoms with van der Waals surface area (Å²) in [7, 11) is 1.72. The fourth-order valence-corrected chi connectivity index (χ4v) is 2.16. The molecular formula is C14H20ClN3O2. The molecule has 110 valence electrons. The van der Waals surface area contributed by atoms with E-state index >= 15 is 0 Å². The van der Waals surface area contributed by atoms with Gasteiger partial charge in [0.05, 0.1) is 6.54 Å². The number of benzene rings is 1. The van der Waals surface area contributed by atoms with Gasteiger partial charge in [-0.25, -0.2) is 0 Å². The Labute approximate surface area is 125 Å². The first kappa shape index (κ1) is 16.5. The van der Waals surface area contributed by atoms with Crippen LogP contribution >= 0.6 is 12.4 Å². The number of carbonyl (C=O) groups is 2. The molecule has 1 aromatic carbocycles. The summed E-state index contributed by atoms with van der Waals surface area (Å²) in [4.78, 5) is 25.4. The normalized spacial score (nSPS) is 13.8. The van der Waals surface area contributed by atoms with Crippen LogP contribution in [-0.2, 0) is 4.79 Å². The quantitative estimate of drug-likeness (QED) is 0.885. The summed E-state index contributed by atoms with van der Waals surface area (Å²) < 4.78 is 0. The number of hydrogen-bond donors (Lipinski definition) is 2. The van der Waals surface area contributed by atoms with Gasteiger partial charge in [-0.05, 0) is 44.2 Å². The minimum Gasteiger partial charge on any atom is -0.339 e. The second-order valence-electron chi connectivity index (χ2n) is 4.66. The predicted octanol–water partition coefficient (Wildman–Crippen LogP) is 1.50. The Morgan fingerprint density at radius 3 is 2.30 bits per heavy atom. The van der Waals surface area contributed by atoms with Gasteiger partial charge in [0.15, 0.2) is 0 Å². The molecule has 1 fully saturated rings. The summed E-state index contributed by atoms with van der Waals surface area (Å²) >= 11 is 0. The molecule has 1 heterocycles. The van der Waals surface area contributed by atoms with Crippen molar-refractivity contribution in [1.82, 2.24) is 10.2 Å². The molecule has 0 spiro atoms. The van der Waals surface area contributed by atoms with Crippen molar-refractivity contribution in [3.05, 3.63) is 29.8 Å². The third-order valence-electron chi connectivity index (χ3n) is 3.15. The molecule has 0 unspecified atom stereocenters. The highest BCUT2D eigenvalue weighted by atomic mass is 35.5. The predicted molar refractivity (Wildman–Crippen MR) is 81.4 cm³/mol. The molecule has 0 atom stereocenters. The molecular weight excluding hydrogens is 278 g/mol. The topological polar surface area (TPSA) is 61.4 Å². The molecule has 2 rings (SSSR count). The number of anilines is 1. The van der Waals surface area contributed by atoms with Gasteiger partial charge in [0, 0.05) is 24.3 Å². The highest BCUT2D eigenvalue weighted by molar-refractivity contribution is 5.96. The zero-order valence-corrected chi connectivity index (χ0v) is 12.3. The van der Waals surface area contributed by atoms with Crippen LogP contribution in [0.25, 0.3) is 0 Å². The molecule has 0 aliphatic carbocycles. The molecule has 2 N–H and O–H groups in total. The van der Waals surface area contributed by atoms with Gasteiger partial charge in [0.25, 0.3) is 5.91 Å². The van der Waals surface area contributed by atoms with Gasteiger partial charge in [-0.1, -0.05) is 0 Å². The molecule has 6 heteroatoms. The van der Waals surface area contributed by atoms with Crippen LogP contribution in [0.2, 0.25) is 0 Å². The largest absolute Gasteiger partial charge is 0.339 e. The Hall–Kier alpha value is -1.59. The lowest BCUT2D eigenvalue weighted by Gasteiger charge is -2.15. The second-order valence-corrected chi connectivity index (χ2v) is 4.66. The zero-order chi connectivity index (χ0) is 13.7. The summed E-state index contributed by atoms with van der Waals surface area (Å²) in [6, 6.07) is 7.04. The van der Waals surface area contributed by atoms with Gasteiger partial charge >= 0.3 is 0 Å². The van der Waals surface area contributed by atoms with E-state index in [4.69, 9.17) is 0 Å². The van der Waals surface area contributed by atoms with Crippen LogP contribution in [0, 0.1) is 0 Å². The molecule has 1 aliphatic rings. The fourth-order valence-electron chi connectivity index (χ4n) is 2.16. The van der Waals surface area contributed by atoms with E-state index in [1.165, 1.54) is 0 Å². The molecule has 20 heavy (non-hydrogen) atoms. The lowest BCUT2D eigenvalue weighted by Crippen LogP contribution is -2.27. The Bertz CT molecular complexity index is 456. The molecule has 0 saturated carbocycles. The highest BCUT2D eigenvalue weighted by Crippen LogP contribution is 2.15. The third-order valence-corrected chi connectivity index (χ3v) is 3.15. The molecule has 0 bridgehead atoms. The first-order valence-electron chi connectivity index (χ1n) is 6.54. The second kappa shape index (κ2) is 7.87. The summed E-state index contributed by atoms with van der Waals surface area (Å²) in [6.45, 7) is 1.97. The maximum absolute atomic E-state index is 12.1. The Morgan fingerprint density at radius 2 is 1.75 bits per heavy atom. The summed E-state index contributed by atoms with van der Waals surface area (Å²) in [6.07, 6.45) is 2.17. The van der Waals surface area contributed by atoms with Crippen LogP contribution in [0.5, 0.6) is 0 Å². The van der Waals surface area contributed by atoms with Gasteiger partial charge < -0.3 is 15.5 Å². The summed E-state index contributed by atoms with van der Waals surface area (Å²) in [5.41, 5.74) is 1.38. The fraction of sp³-hybridized carbons (Fsp3) is 0.429. The van der Waals surface area contributed by atoms with Gasteiger partial charge in [0.2, 0.25) is 5.91 Å². The molecule has 1 saturated heterocycles. The van der Waals surface area contributed by atoms with Gasteiger partial charge in [-0.2, -0.15) is 0 Å². The van der Waals surface area contributed by atoms with E-state index in [2.05, 4.69) is 10.6 Å². The molecule has 1 aromatic rings. The van der Waals surface area contributed by atoms with Crippen LogP contribution in [0.15, 0.2) is 24.3 Å². The number of likely N-dealkylation sites (tertiary alicyclic amines) is 1. The van der Waals surface area contributed by atoms with Crippen molar-refractivity contribution in [3.63, 3.8) is 0 Å². The number of nitrogens with one attached hydrogen (secondary N) is 2. The summed E-state index contributed by atoms with van der Waals surface area (Å²) in [5, 5.41) is 5.53. The van der Waals surface area contributed by atoms with E-state index < -0.39 is 0 Å². The average Bonchev–Trinajstić information content (AvgIpc) is 2.93. The molecule has 1 aliphatic heterocycles. The number of rotatable bonds is 4. The molecule has 0 radical (unpaired) electrons. The van der Waals surface area contributed by atoms with Crippen LogP contribution in [0.1, 0.15) is 23.2 Å². The van der Waals surface area contributed by atoms with Crippen molar-refractivity contribution in [2.75, 3.05) is 32.0 Å². The van der Waals surface area contributed by atoms with E-state index in [-0.39, 0.29) is 30.8 Å². The first-order chi connectivity index (χ1) is 9.20. The first-order valence-corrected chi connectivity index (χ1v) is 6.54. The average molecular weight is 298 g/mol. The molecule has 2 amide bonds. The SMILES string of the molecule is CNCC(=O)Nc1ccc(C(=O)N2CCCC2)cc1.Cl. The number of amides is 2. The van der Waals surface area contributed by atoms with Crippen molar-refractivity contribution >= 4 is 29.9 Å². The van der Waals surface area contributed by atoms with Crippen molar-refractivity contribution in [2.24, 2.45) is 0 Å².